The molecule has 3 nitrogen and oxygen atoms in total. The Morgan fingerprint density at radius 1 is 0.724 bits per heavy atom. The molecule has 0 aromatic heterocycles. The standard InChI is InChI=1S/C25H19BO3/c27-26(28)22-14-7-13-21-24(22)29-23-15-6-5-12-20(23)25(21)18-10-3-1-8-16(18)17-9-2-4-11-19(17)25/h1-15,20,23,27-28H. The van der Waals surface area contributed by atoms with Crippen LogP contribution in [0.1, 0.15) is 16.7 Å². The number of para-hydroxylation sites is 1. The Balaban J connectivity index is 1.79. The minimum absolute atomic E-state index is 0.0656. The van der Waals surface area contributed by atoms with Crippen LogP contribution in [0.15, 0.2) is 91.0 Å². The summed E-state index contributed by atoms with van der Waals surface area (Å²) in [4.78, 5) is 0. The predicted octanol–water partition coefficient (Wildman–Crippen LogP) is 3.18. The molecule has 3 aromatic rings. The van der Waals surface area contributed by atoms with E-state index >= 15 is 0 Å². The zero-order chi connectivity index (χ0) is 19.6. The first kappa shape index (κ1) is 16.8. The van der Waals surface area contributed by atoms with E-state index in [2.05, 4.69) is 72.8 Å². The molecule has 0 amide bonds. The minimum atomic E-state index is -1.59. The van der Waals surface area contributed by atoms with E-state index in [0.717, 1.165) is 5.56 Å². The van der Waals surface area contributed by atoms with Crippen molar-refractivity contribution in [3.05, 3.63) is 108 Å². The molecule has 1 aliphatic heterocycles. The van der Waals surface area contributed by atoms with Crippen LogP contribution in [0.3, 0.4) is 0 Å². The third-order valence-electron chi connectivity index (χ3n) is 6.58. The van der Waals surface area contributed by atoms with E-state index in [9.17, 15) is 10.0 Å². The summed E-state index contributed by atoms with van der Waals surface area (Å²) in [6.45, 7) is 0. The largest absolute Gasteiger partial charge is 0.492 e. The monoisotopic (exact) mass is 378 g/mol. The molecule has 2 unspecified atom stereocenters. The van der Waals surface area contributed by atoms with E-state index in [0.29, 0.717) is 11.2 Å². The summed E-state index contributed by atoms with van der Waals surface area (Å²) in [6, 6.07) is 22.8. The highest BCUT2D eigenvalue weighted by Gasteiger charge is 2.56. The topological polar surface area (TPSA) is 49.7 Å². The molecule has 3 aromatic carbocycles. The molecule has 6 rings (SSSR count). The Kier molecular flexibility index (Phi) is 3.46. The van der Waals surface area contributed by atoms with Crippen molar-refractivity contribution in [2.45, 2.75) is 11.5 Å². The summed E-state index contributed by atoms with van der Waals surface area (Å²) in [5.74, 6) is 0.645. The molecule has 29 heavy (non-hydrogen) atoms. The van der Waals surface area contributed by atoms with Gasteiger partial charge in [0.05, 0.1) is 5.41 Å². The molecule has 1 heterocycles. The van der Waals surface area contributed by atoms with Gasteiger partial charge < -0.3 is 14.8 Å². The Morgan fingerprint density at radius 3 is 2.03 bits per heavy atom. The normalized spacial score (nSPS) is 21.7. The fourth-order valence-electron chi connectivity index (χ4n) is 5.52. The lowest BCUT2D eigenvalue weighted by molar-refractivity contribution is 0.142. The van der Waals surface area contributed by atoms with E-state index < -0.39 is 12.5 Å². The number of hydrogen-bond acceptors (Lipinski definition) is 3. The summed E-state index contributed by atoms with van der Waals surface area (Å²) < 4.78 is 6.39. The number of allylic oxidation sites excluding steroid dienone is 2. The molecule has 0 fully saturated rings. The zero-order valence-electron chi connectivity index (χ0n) is 15.7. The smallest absolute Gasteiger partial charge is 0.486 e. The maximum absolute atomic E-state index is 10.0. The van der Waals surface area contributed by atoms with E-state index in [1.807, 2.05) is 12.1 Å². The van der Waals surface area contributed by atoms with E-state index in [4.69, 9.17) is 4.74 Å². The van der Waals surface area contributed by atoms with Crippen LogP contribution in [-0.4, -0.2) is 23.3 Å². The summed E-state index contributed by atoms with van der Waals surface area (Å²) in [5.41, 5.74) is 5.89. The molecule has 2 aliphatic carbocycles. The third-order valence-corrected chi connectivity index (χ3v) is 6.58. The third kappa shape index (κ3) is 2.05. The van der Waals surface area contributed by atoms with Crippen molar-refractivity contribution in [3.63, 3.8) is 0 Å². The van der Waals surface area contributed by atoms with Crippen LogP contribution in [0.4, 0.5) is 0 Å². The van der Waals surface area contributed by atoms with Gasteiger partial charge in [-0.2, -0.15) is 0 Å². The highest BCUT2D eigenvalue weighted by Crippen LogP contribution is 2.61. The lowest BCUT2D eigenvalue weighted by Crippen LogP contribution is -2.50. The van der Waals surface area contributed by atoms with Crippen LogP contribution in [0, 0.1) is 5.92 Å². The number of hydrogen-bond donors (Lipinski definition) is 2. The van der Waals surface area contributed by atoms with Gasteiger partial charge in [-0.25, -0.2) is 0 Å². The van der Waals surface area contributed by atoms with Gasteiger partial charge in [-0.05, 0) is 28.3 Å². The van der Waals surface area contributed by atoms with Crippen molar-refractivity contribution in [1.82, 2.24) is 0 Å². The van der Waals surface area contributed by atoms with Gasteiger partial charge in [0.25, 0.3) is 0 Å². The zero-order valence-corrected chi connectivity index (χ0v) is 15.7. The number of rotatable bonds is 1. The maximum Gasteiger partial charge on any atom is 0.492 e. The van der Waals surface area contributed by atoms with E-state index in [1.165, 1.54) is 22.3 Å². The summed E-state index contributed by atoms with van der Waals surface area (Å²) in [6.07, 6.45) is 8.20. The van der Waals surface area contributed by atoms with Crippen molar-refractivity contribution in [3.8, 4) is 16.9 Å². The molecule has 2 N–H and O–H groups in total. The van der Waals surface area contributed by atoms with Gasteiger partial charge in [0, 0.05) is 16.9 Å². The molecule has 0 saturated carbocycles. The van der Waals surface area contributed by atoms with Crippen molar-refractivity contribution < 1.29 is 14.8 Å². The Labute approximate surface area is 169 Å². The first-order valence-electron chi connectivity index (χ1n) is 9.93. The van der Waals surface area contributed by atoms with Crippen molar-refractivity contribution in [2.75, 3.05) is 0 Å². The van der Waals surface area contributed by atoms with Crippen LogP contribution in [0.25, 0.3) is 11.1 Å². The maximum atomic E-state index is 10.0. The molecule has 2 atom stereocenters. The van der Waals surface area contributed by atoms with Gasteiger partial charge in [0.2, 0.25) is 0 Å². The van der Waals surface area contributed by atoms with Crippen molar-refractivity contribution in [2.24, 2.45) is 5.92 Å². The van der Waals surface area contributed by atoms with Crippen LogP contribution in [0.5, 0.6) is 5.75 Å². The Hall–Kier alpha value is -3.08. The summed E-state index contributed by atoms with van der Waals surface area (Å²) >= 11 is 0. The molecule has 4 heteroatoms. The molecule has 0 saturated heterocycles. The predicted molar refractivity (Wildman–Crippen MR) is 114 cm³/mol. The Morgan fingerprint density at radius 2 is 1.34 bits per heavy atom. The van der Waals surface area contributed by atoms with Gasteiger partial charge in [-0.3, -0.25) is 0 Å². The quantitative estimate of drug-likeness (QED) is 0.640. The van der Waals surface area contributed by atoms with Gasteiger partial charge in [0.15, 0.2) is 0 Å². The van der Waals surface area contributed by atoms with Crippen LogP contribution >= 0.6 is 0 Å². The second kappa shape index (κ2) is 5.96. The van der Waals surface area contributed by atoms with Gasteiger partial charge >= 0.3 is 7.12 Å². The van der Waals surface area contributed by atoms with E-state index in [-0.39, 0.29) is 12.0 Å². The molecular weight excluding hydrogens is 359 g/mol. The van der Waals surface area contributed by atoms with Crippen molar-refractivity contribution in [1.29, 1.82) is 0 Å². The second-order valence-corrected chi connectivity index (χ2v) is 7.87. The van der Waals surface area contributed by atoms with Crippen molar-refractivity contribution >= 4 is 12.6 Å². The number of benzene rings is 3. The highest BCUT2D eigenvalue weighted by molar-refractivity contribution is 6.59. The fourth-order valence-corrected chi connectivity index (χ4v) is 5.52. The molecule has 140 valence electrons. The summed E-state index contributed by atoms with van der Waals surface area (Å²) in [5, 5.41) is 20.1. The second-order valence-electron chi connectivity index (χ2n) is 7.87. The first-order valence-corrected chi connectivity index (χ1v) is 9.93. The van der Waals surface area contributed by atoms with Crippen LogP contribution in [0.2, 0.25) is 0 Å². The lowest BCUT2D eigenvalue weighted by Gasteiger charge is -2.47. The summed E-state index contributed by atoms with van der Waals surface area (Å²) in [7, 11) is -1.59. The Bertz CT molecular complexity index is 1150. The fraction of sp³-hybridized carbons (Fsp3) is 0.120. The molecule has 0 bridgehead atoms. The number of ether oxygens (including phenoxy) is 1. The highest BCUT2D eigenvalue weighted by atomic mass is 16.5. The molecule has 1 spiro atoms. The lowest BCUT2D eigenvalue weighted by atomic mass is 9.59. The molecular formula is C25H19BO3. The molecule has 0 radical (unpaired) electrons. The van der Waals surface area contributed by atoms with Crippen LogP contribution in [-0.2, 0) is 5.41 Å². The first-order chi connectivity index (χ1) is 14.2. The van der Waals surface area contributed by atoms with Gasteiger partial charge in [0.1, 0.15) is 11.9 Å². The molecule has 3 aliphatic rings. The van der Waals surface area contributed by atoms with Gasteiger partial charge in [-0.15, -0.1) is 0 Å². The average Bonchev–Trinajstić information content (AvgIpc) is 3.05. The average molecular weight is 378 g/mol. The number of fused-ring (bicyclic) bond motifs is 9. The van der Waals surface area contributed by atoms with Gasteiger partial charge in [-0.1, -0.05) is 85.0 Å². The van der Waals surface area contributed by atoms with E-state index in [1.54, 1.807) is 6.07 Å². The minimum Gasteiger partial charge on any atom is -0.486 e. The van der Waals surface area contributed by atoms with Crippen LogP contribution < -0.4 is 10.2 Å². The SMILES string of the molecule is OB(O)c1cccc2c1OC1C=CC=CC1C21c2ccccc2-c2ccccc21.